The van der Waals surface area contributed by atoms with Gasteiger partial charge in [-0.2, -0.15) is 0 Å². The maximum absolute atomic E-state index is 12.2. The van der Waals surface area contributed by atoms with Gasteiger partial charge < -0.3 is 25.2 Å². The Morgan fingerprint density at radius 1 is 1.00 bits per heavy atom. The lowest BCUT2D eigenvalue weighted by molar-refractivity contribution is -0.145. The lowest BCUT2D eigenvalue weighted by atomic mass is 9.98. The molecule has 3 rings (SSSR count). The zero-order valence-electron chi connectivity index (χ0n) is 18.9. The number of nitrogens with one attached hydrogen (secondary N) is 2. The van der Waals surface area contributed by atoms with Gasteiger partial charge in [0.25, 0.3) is 0 Å². The summed E-state index contributed by atoms with van der Waals surface area (Å²) in [5.74, 6) is -1.51. The maximum Gasteiger partial charge on any atom is 0.407 e. The van der Waals surface area contributed by atoms with Gasteiger partial charge in [-0.25, -0.2) is 9.59 Å². The molecular formula is C25H30N2O6. The molecule has 33 heavy (non-hydrogen) atoms. The van der Waals surface area contributed by atoms with E-state index in [-0.39, 0.29) is 24.9 Å². The van der Waals surface area contributed by atoms with Crippen molar-refractivity contribution in [3.8, 4) is 11.1 Å². The number of amides is 2. The molecule has 8 nitrogen and oxygen atoms in total. The van der Waals surface area contributed by atoms with Gasteiger partial charge in [0.2, 0.25) is 5.91 Å². The number of fused-ring (bicyclic) bond motifs is 3. The number of benzene rings is 2. The predicted molar refractivity (Wildman–Crippen MR) is 123 cm³/mol. The first-order chi connectivity index (χ1) is 15.9. The molecule has 1 aliphatic rings. The van der Waals surface area contributed by atoms with Crippen molar-refractivity contribution in [2.45, 2.75) is 44.2 Å². The minimum atomic E-state index is -1.14. The Kier molecular flexibility index (Phi) is 8.43. The van der Waals surface area contributed by atoms with Gasteiger partial charge in [0.15, 0.2) is 6.04 Å². The minimum absolute atomic E-state index is 0.00326. The van der Waals surface area contributed by atoms with Crippen LogP contribution in [-0.4, -0.2) is 55.5 Å². The van der Waals surface area contributed by atoms with Gasteiger partial charge in [-0.05, 0) is 42.0 Å². The number of alkyl carbamates (subject to hydrolysis) is 1. The fourth-order valence-electron chi connectivity index (χ4n) is 4.01. The van der Waals surface area contributed by atoms with Crippen LogP contribution in [0.15, 0.2) is 48.5 Å². The summed E-state index contributed by atoms with van der Waals surface area (Å²) in [7, 11) is 1.39. The third kappa shape index (κ3) is 6.10. The van der Waals surface area contributed by atoms with Crippen LogP contribution in [0, 0.1) is 0 Å². The zero-order valence-corrected chi connectivity index (χ0v) is 18.9. The molecule has 2 atom stereocenters. The Morgan fingerprint density at radius 2 is 1.61 bits per heavy atom. The predicted octanol–water partition coefficient (Wildman–Crippen LogP) is 3.30. The molecule has 3 N–H and O–H groups in total. The fourth-order valence-corrected chi connectivity index (χ4v) is 4.01. The van der Waals surface area contributed by atoms with Crippen molar-refractivity contribution in [3.63, 3.8) is 0 Å². The number of ether oxygens (including phenoxy) is 2. The molecule has 2 amide bonds. The molecule has 0 bridgehead atoms. The van der Waals surface area contributed by atoms with Crippen LogP contribution in [-0.2, 0) is 19.1 Å². The van der Waals surface area contributed by atoms with Crippen LogP contribution in [0.2, 0.25) is 0 Å². The monoisotopic (exact) mass is 454 g/mol. The largest absolute Gasteiger partial charge is 0.480 e. The topological polar surface area (TPSA) is 114 Å². The Bertz CT molecular complexity index is 947. The number of aliphatic carboxylic acids is 1. The second-order valence-corrected chi connectivity index (χ2v) is 8.03. The van der Waals surface area contributed by atoms with Gasteiger partial charge in [-0.3, -0.25) is 4.79 Å². The highest BCUT2D eigenvalue weighted by atomic mass is 16.5. The molecule has 0 radical (unpaired) electrons. The van der Waals surface area contributed by atoms with Crippen molar-refractivity contribution in [3.05, 3.63) is 59.7 Å². The van der Waals surface area contributed by atoms with Crippen LogP contribution < -0.4 is 10.6 Å². The smallest absolute Gasteiger partial charge is 0.407 e. The number of carbonyl (C=O) groups is 3. The number of rotatable bonds is 11. The number of carboxylic acid groups (broad SMARTS) is 1. The highest BCUT2D eigenvalue weighted by molar-refractivity contribution is 5.84. The molecule has 0 saturated heterocycles. The van der Waals surface area contributed by atoms with Crippen molar-refractivity contribution in [2.75, 3.05) is 20.3 Å². The fraction of sp³-hybridized carbons (Fsp3) is 0.400. The molecule has 1 aliphatic carbocycles. The van der Waals surface area contributed by atoms with Crippen molar-refractivity contribution in [2.24, 2.45) is 0 Å². The van der Waals surface area contributed by atoms with Crippen LogP contribution >= 0.6 is 0 Å². The van der Waals surface area contributed by atoms with Crippen LogP contribution in [0.1, 0.15) is 43.2 Å². The SMILES string of the molecule is COC(C)C(NC(=O)CCCCNC(=O)OCC1c2ccccc2-c2ccccc21)C(=O)O. The zero-order chi connectivity index (χ0) is 23.8. The molecule has 0 spiro atoms. The van der Waals surface area contributed by atoms with Gasteiger partial charge in [-0.15, -0.1) is 0 Å². The first-order valence-corrected chi connectivity index (χ1v) is 11.1. The molecule has 0 fully saturated rings. The Hall–Kier alpha value is -3.39. The van der Waals surface area contributed by atoms with Crippen molar-refractivity contribution in [1.29, 1.82) is 0 Å². The lowest BCUT2D eigenvalue weighted by Crippen LogP contribution is -2.48. The third-order valence-corrected chi connectivity index (χ3v) is 5.87. The second-order valence-electron chi connectivity index (χ2n) is 8.03. The van der Waals surface area contributed by atoms with E-state index in [0.29, 0.717) is 19.4 Å². The summed E-state index contributed by atoms with van der Waals surface area (Å²) < 4.78 is 10.5. The number of hydrogen-bond donors (Lipinski definition) is 3. The van der Waals surface area contributed by atoms with E-state index >= 15 is 0 Å². The van der Waals surface area contributed by atoms with Crippen LogP contribution in [0.3, 0.4) is 0 Å². The summed E-state index contributed by atoms with van der Waals surface area (Å²) in [5, 5.41) is 14.3. The Labute approximate surface area is 193 Å². The van der Waals surface area contributed by atoms with Crippen LogP contribution in [0.5, 0.6) is 0 Å². The summed E-state index contributed by atoms with van der Waals surface area (Å²) in [6.07, 6.45) is 0.0909. The summed E-state index contributed by atoms with van der Waals surface area (Å²) in [6.45, 7) is 2.19. The average Bonchev–Trinajstić information content (AvgIpc) is 3.14. The molecule has 8 heteroatoms. The van der Waals surface area contributed by atoms with Gasteiger partial charge in [0.1, 0.15) is 6.61 Å². The van der Waals surface area contributed by atoms with E-state index in [1.165, 1.54) is 18.2 Å². The van der Waals surface area contributed by atoms with E-state index < -0.39 is 24.2 Å². The number of carboxylic acids is 1. The van der Waals surface area contributed by atoms with Crippen molar-refractivity contribution < 1.29 is 29.0 Å². The van der Waals surface area contributed by atoms with Gasteiger partial charge in [0, 0.05) is 26.0 Å². The number of unbranched alkanes of at least 4 members (excludes halogenated alkanes) is 1. The summed E-state index contributed by atoms with van der Waals surface area (Å²) in [6, 6.07) is 15.2. The third-order valence-electron chi connectivity index (χ3n) is 5.87. The summed E-state index contributed by atoms with van der Waals surface area (Å²) >= 11 is 0. The first-order valence-electron chi connectivity index (χ1n) is 11.1. The van der Waals surface area contributed by atoms with E-state index in [2.05, 4.69) is 34.9 Å². The Morgan fingerprint density at radius 3 is 2.18 bits per heavy atom. The molecular weight excluding hydrogens is 424 g/mol. The highest BCUT2D eigenvalue weighted by Gasteiger charge is 2.29. The van der Waals surface area contributed by atoms with Gasteiger partial charge >= 0.3 is 12.1 Å². The Balaban J connectivity index is 1.38. The van der Waals surface area contributed by atoms with Crippen molar-refractivity contribution >= 4 is 18.0 Å². The van der Waals surface area contributed by atoms with Gasteiger partial charge in [0.05, 0.1) is 6.10 Å². The molecule has 2 unspecified atom stereocenters. The average molecular weight is 455 g/mol. The van der Waals surface area contributed by atoms with E-state index in [9.17, 15) is 19.5 Å². The lowest BCUT2D eigenvalue weighted by Gasteiger charge is -2.20. The van der Waals surface area contributed by atoms with E-state index in [1.807, 2.05) is 24.3 Å². The van der Waals surface area contributed by atoms with E-state index in [0.717, 1.165) is 11.1 Å². The van der Waals surface area contributed by atoms with Crippen LogP contribution in [0.4, 0.5) is 4.79 Å². The minimum Gasteiger partial charge on any atom is -0.480 e. The molecule has 176 valence electrons. The standard InChI is InChI=1S/C25H30N2O6/c1-16(32-2)23(24(29)30)27-22(28)13-7-8-14-26-25(31)33-15-21-19-11-5-3-9-17(19)18-10-4-6-12-20(18)21/h3-6,9-12,16,21,23H,7-8,13-15H2,1-2H3,(H,26,31)(H,27,28)(H,29,30). The van der Waals surface area contributed by atoms with E-state index in [4.69, 9.17) is 9.47 Å². The summed E-state index contributed by atoms with van der Waals surface area (Å²) in [4.78, 5) is 35.4. The molecule has 2 aromatic rings. The highest BCUT2D eigenvalue weighted by Crippen LogP contribution is 2.44. The molecule has 2 aromatic carbocycles. The molecule has 0 aliphatic heterocycles. The quantitative estimate of drug-likeness (QED) is 0.449. The second kappa shape index (κ2) is 11.5. The van der Waals surface area contributed by atoms with Crippen LogP contribution in [0.25, 0.3) is 11.1 Å². The number of carbonyl (C=O) groups excluding carboxylic acids is 2. The molecule has 0 saturated carbocycles. The maximum atomic E-state index is 12.2. The van der Waals surface area contributed by atoms with Gasteiger partial charge in [-0.1, -0.05) is 48.5 Å². The first kappa shape index (κ1) is 24.3. The summed E-state index contributed by atoms with van der Waals surface area (Å²) in [5.41, 5.74) is 4.65. The van der Waals surface area contributed by atoms with Crippen molar-refractivity contribution in [1.82, 2.24) is 10.6 Å². The van der Waals surface area contributed by atoms with E-state index in [1.54, 1.807) is 6.92 Å². The number of hydrogen-bond acceptors (Lipinski definition) is 5. The normalized spacial score (nSPS) is 14.0. The molecule has 0 aromatic heterocycles. The number of methoxy groups -OCH3 is 1. The molecule has 0 heterocycles.